The standard InChI is InChI=1S/C21H22ClFN4O2/c1-3-17(27-11(2)8-18(26)28)14-5-6-15(22)19(20(14)23)21(29)12-4-7-16(25)13(9-12)10-24/h4-7,9,11,17,27H,3,8,25H2,1-2H3,(H2,26,28)/t11-,17+/m0/s1. The zero-order valence-electron chi connectivity index (χ0n) is 16.1. The average molecular weight is 417 g/mol. The van der Waals surface area contributed by atoms with Gasteiger partial charge in [-0.05, 0) is 37.6 Å². The molecule has 0 unspecified atom stereocenters. The highest BCUT2D eigenvalue weighted by molar-refractivity contribution is 6.35. The van der Waals surface area contributed by atoms with E-state index in [1.54, 1.807) is 6.92 Å². The van der Waals surface area contributed by atoms with E-state index in [9.17, 15) is 9.59 Å². The third-order valence-corrected chi connectivity index (χ3v) is 4.88. The zero-order chi connectivity index (χ0) is 21.7. The van der Waals surface area contributed by atoms with Crippen LogP contribution in [0.5, 0.6) is 0 Å². The SMILES string of the molecule is CC[C@@H](N[C@@H](C)CC(N)=O)c1ccc(Cl)c(C(=O)c2ccc(N)c(C#N)c2)c1F. The maximum Gasteiger partial charge on any atom is 0.218 e. The number of halogens is 2. The van der Waals surface area contributed by atoms with Gasteiger partial charge in [0.15, 0.2) is 5.78 Å². The van der Waals surface area contributed by atoms with Gasteiger partial charge in [0, 0.05) is 35.3 Å². The molecule has 2 atom stereocenters. The van der Waals surface area contributed by atoms with Crippen molar-refractivity contribution in [1.82, 2.24) is 5.32 Å². The summed E-state index contributed by atoms with van der Waals surface area (Å²) >= 11 is 6.14. The topological polar surface area (TPSA) is 122 Å². The first-order valence-electron chi connectivity index (χ1n) is 9.06. The zero-order valence-corrected chi connectivity index (χ0v) is 16.9. The highest BCUT2D eigenvalue weighted by atomic mass is 35.5. The lowest BCUT2D eigenvalue weighted by molar-refractivity contribution is -0.118. The number of carbonyl (C=O) groups excluding carboxylic acids is 2. The Hall–Kier alpha value is -2.95. The predicted molar refractivity (Wildman–Crippen MR) is 110 cm³/mol. The van der Waals surface area contributed by atoms with E-state index in [4.69, 9.17) is 28.3 Å². The fraction of sp³-hybridized carbons (Fsp3) is 0.286. The number of benzene rings is 2. The van der Waals surface area contributed by atoms with Gasteiger partial charge < -0.3 is 16.8 Å². The van der Waals surface area contributed by atoms with E-state index in [2.05, 4.69) is 5.32 Å². The molecule has 5 N–H and O–H groups in total. The van der Waals surface area contributed by atoms with Gasteiger partial charge in [-0.3, -0.25) is 9.59 Å². The molecule has 6 nitrogen and oxygen atoms in total. The molecule has 29 heavy (non-hydrogen) atoms. The van der Waals surface area contributed by atoms with Crippen molar-refractivity contribution < 1.29 is 14.0 Å². The minimum Gasteiger partial charge on any atom is -0.398 e. The number of nitrogens with zero attached hydrogens (tertiary/aromatic N) is 1. The summed E-state index contributed by atoms with van der Waals surface area (Å²) in [5.41, 5.74) is 11.3. The number of hydrogen-bond donors (Lipinski definition) is 3. The van der Waals surface area contributed by atoms with Crippen molar-refractivity contribution in [2.45, 2.75) is 38.8 Å². The molecule has 0 spiro atoms. The highest BCUT2D eigenvalue weighted by Gasteiger charge is 2.25. The van der Waals surface area contributed by atoms with Crippen LogP contribution in [0.25, 0.3) is 0 Å². The van der Waals surface area contributed by atoms with Crippen LogP contribution in [-0.4, -0.2) is 17.7 Å². The number of carbonyl (C=O) groups is 2. The van der Waals surface area contributed by atoms with E-state index < -0.39 is 23.5 Å². The lowest BCUT2D eigenvalue weighted by Gasteiger charge is -2.23. The van der Waals surface area contributed by atoms with E-state index in [1.807, 2.05) is 13.0 Å². The number of nitrogens with one attached hydrogen (secondary N) is 1. The van der Waals surface area contributed by atoms with Crippen LogP contribution in [0.15, 0.2) is 30.3 Å². The number of ketones is 1. The minimum atomic E-state index is -0.747. The smallest absolute Gasteiger partial charge is 0.218 e. The lowest BCUT2D eigenvalue weighted by Crippen LogP contribution is -2.34. The monoisotopic (exact) mass is 416 g/mol. The van der Waals surface area contributed by atoms with Gasteiger partial charge in [-0.25, -0.2) is 4.39 Å². The summed E-state index contributed by atoms with van der Waals surface area (Å²) in [7, 11) is 0. The molecule has 0 bridgehead atoms. The molecule has 1 amide bonds. The van der Waals surface area contributed by atoms with Gasteiger partial charge >= 0.3 is 0 Å². The maximum atomic E-state index is 15.4. The van der Waals surface area contributed by atoms with Gasteiger partial charge in [0.25, 0.3) is 0 Å². The first kappa shape index (κ1) is 22.3. The van der Waals surface area contributed by atoms with Crippen molar-refractivity contribution >= 4 is 29.0 Å². The van der Waals surface area contributed by atoms with Gasteiger partial charge in [-0.2, -0.15) is 5.26 Å². The van der Waals surface area contributed by atoms with Crippen LogP contribution < -0.4 is 16.8 Å². The Labute approximate surface area is 173 Å². The van der Waals surface area contributed by atoms with Crippen molar-refractivity contribution in [1.29, 1.82) is 5.26 Å². The van der Waals surface area contributed by atoms with Gasteiger partial charge in [0.05, 0.1) is 16.1 Å². The second-order valence-corrected chi connectivity index (χ2v) is 7.17. The van der Waals surface area contributed by atoms with Crippen molar-refractivity contribution in [2.75, 3.05) is 5.73 Å². The van der Waals surface area contributed by atoms with E-state index >= 15 is 4.39 Å². The maximum absolute atomic E-state index is 15.4. The number of nitrogens with two attached hydrogens (primary N) is 2. The molecule has 0 fully saturated rings. The Morgan fingerprint density at radius 1 is 1.31 bits per heavy atom. The van der Waals surface area contributed by atoms with Crippen LogP contribution >= 0.6 is 11.6 Å². The van der Waals surface area contributed by atoms with Gasteiger partial charge in [-0.1, -0.05) is 24.6 Å². The number of amides is 1. The number of nitrogen functional groups attached to an aromatic ring is 1. The third kappa shape index (κ3) is 5.11. The number of hydrogen-bond acceptors (Lipinski definition) is 5. The van der Waals surface area contributed by atoms with Gasteiger partial charge in [0.2, 0.25) is 5.91 Å². The third-order valence-electron chi connectivity index (χ3n) is 4.56. The molecule has 0 aliphatic heterocycles. The summed E-state index contributed by atoms with van der Waals surface area (Å²) < 4.78 is 15.4. The fourth-order valence-corrected chi connectivity index (χ4v) is 3.35. The van der Waals surface area contributed by atoms with E-state index in [0.29, 0.717) is 6.42 Å². The molecule has 0 saturated carbocycles. The van der Waals surface area contributed by atoms with Gasteiger partial charge in [-0.15, -0.1) is 0 Å². The van der Waals surface area contributed by atoms with E-state index in [0.717, 1.165) is 0 Å². The van der Waals surface area contributed by atoms with Crippen LogP contribution in [-0.2, 0) is 4.79 Å². The molecule has 0 heterocycles. The summed E-state index contributed by atoms with van der Waals surface area (Å²) in [4.78, 5) is 24.1. The number of primary amides is 1. The number of rotatable bonds is 8. The number of nitriles is 1. The second kappa shape index (κ2) is 9.50. The first-order valence-corrected chi connectivity index (χ1v) is 9.43. The second-order valence-electron chi connectivity index (χ2n) is 6.77. The fourth-order valence-electron chi connectivity index (χ4n) is 3.12. The molecular formula is C21H22ClFN4O2. The number of anilines is 1. The van der Waals surface area contributed by atoms with Gasteiger partial charge in [0.1, 0.15) is 11.9 Å². The Kier molecular flexibility index (Phi) is 7.32. The average Bonchev–Trinajstić information content (AvgIpc) is 2.66. The normalized spacial score (nSPS) is 12.8. The first-order chi connectivity index (χ1) is 13.7. The van der Waals surface area contributed by atoms with Crippen molar-refractivity contribution in [3.05, 3.63) is 63.4 Å². The Morgan fingerprint density at radius 3 is 2.59 bits per heavy atom. The molecule has 0 aliphatic rings. The van der Waals surface area contributed by atoms with Crippen LogP contribution in [0.1, 0.15) is 59.8 Å². The van der Waals surface area contributed by atoms with Crippen molar-refractivity contribution in [2.24, 2.45) is 5.73 Å². The minimum absolute atomic E-state index is 0.0355. The molecule has 2 rings (SSSR count). The summed E-state index contributed by atoms with van der Waals surface area (Å²) in [5.74, 6) is -1.86. The van der Waals surface area contributed by atoms with Crippen molar-refractivity contribution in [3.8, 4) is 6.07 Å². The van der Waals surface area contributed by atoms with E-state index in [-0.39, 0.29) is 45.4 Å². The molecule has 2 aromatic rings. The highest BCUT2D eigenvalue weighted by Crippen LogP contribution is 2.30. The molecule has 0 radical (unpaired) electrons. The molecule has 8 heteroatoms. The molecule has 0 saturated heterocycles. The quantitative estimate of drug-likeness (QED) is 0.449. The Balaban J connectivity index is 2.45. The molecular weight excluding hydrogens is 395 g/mol. The summed E-state index contributed by atoms with van der Waals surface area (Å²) in [6.45, 7) is 3.62. The molecule has 0 aliphatic carbocycles. The van der Waals surface area contributed by atoms with Crippen LogP contribution in [0.4, 0.5) is 10.1 Å². The molecule has 0 aromatic heterocycles. The lowest BCUT2D eigenvalue weighted by atomic mass is 9.95. The summed E-state index contributed by atoms with van der Waals surface area (Å²) in [6, 6.07) is 8.29. The molecule has 2 aromatic carbocycles. The Bertz CT molecular complexity index is 987. The van der Waals surface area contributed by atoms with E-state index in [1.165, 1.54) is 30.3 Å². The van der Waals surface area contributed by atoms with Crippen LogP contribution in [0, 0.1) is 17.1 Å². The largest absolute Gasteiger partial charge is 0.398 e. The van der Waals surface area contributed by atoms with Crippen molar-refractivity contribution in [3.63, 3.8) is 0 Å². The van der Waals surface area contributed by atoms with Crippen LogP contribution in [0.2, 0.25) is 5.02 Å². The molecule has 152 valence electrons. The predicted octanol–water partition coefficient (Wildman–Crippen LogP) is 3.47. The summed E-state index contributed by atoms with van der Waals surface area (Å²) in [6.07, 6.45) is 0.607. The van der Waals surface area contributed by atoms with Crippen LogP contribution in [0.3, 0.4) is 0 Å². The Morgan fingerprint density at radius 2 is 2.00 bits per heavy atom. The summed E-state index contributed by atoms with van der Waals surface area (Å²) in [5, 5.41) is 12.2.